The molecule has 0 atom stereocenters. The van der Waals surface area contributed by atoms with Gasteiger partial charge < -0.3 is 4.90 Å². The molecule has 0 aliphatic rings. The van der Waals surface area contributed by atoms with Crippen LogP contribution in [0.25, 0.3) is 10.8 Å². The van der Waals surface area contributed by atoms with E-state index in [4.69, 9.17) is 0 Å². The number of carbonyl (C=O) groups is 1. The van der Waals surface area contributed by atoms with Gasteiger partial charge in [-0.2, -0.15) is 0 Å². The molecule has 7 heteroatoms. The Labute approximate surface area is 179 Å². The molecule has 0 fully saturated rings. The van der Waals surface area contributed by atoms with Crippen LogP contribution >= 0.6 is 11.3 Å². The summed E-state index contributed by atoms with van der Waals surface area (Å²) in [5, 5.41) is 0.647. The summed E-state index contributed by atoms with van der Waals surface area (Å²) in [5.74, 6) is 0.474. The highest BCUT2D eigenvalue weighted by atomic mass is 32.1. The highest BCUT2D eigenvalue weighted by Crippen LogP contribution is 2.27. The number of benzene rings is 1. The van der Waals surface area contributed by atoms with Crippen molar-refractivity contribution in [1.82, 2.24) is 24.8 Å². The van der Waals surface area contributed by atoms with E-state index < -0.39 is 0 Å². The van der Waals surface area contributed by atoms with Gasteiger partial charge in [0.25, 0.3) is 5.91 Å². The van der Waals surface area contributed by atoms with Gasteiger partial charge in [0.2, 0.25) is 0 Å². The van der Waals surface area contributed by atoms with Crippen LogP contribution in [0.3, 0.4) is 0 Å². The predicted octanol–water partition coefficient (Wildman–Crippen LogP) is 4.45. The number of rotatable bonds is 6. The first-order valence-electron chi connectivity index (χ1n) is 9.59. The van der Waals surface area contributed by atoms with Gasteiger partial charge in [-0.3, -0.25) is 9.78 Å². The standard InChI is InChI=1S/C23H21N5OS/c1-16-7-3-4-9-19(16)15-28(14-18-8-5-10-24-13-18)23(29)20-17(2)27-22(30-20)21-25-11-6-12-26-21/h3-13H,14-15H2,1-2H3. The molecule has 0 spiro atoms. The largest absolute Gasteiger partial charge is 0.329 e. The van der Waals surface area contributed by atoms with E-state index in [2.05, 4.69) is 39.0 Å². The van der Waals surface area contributed by atoms with Crippen molar-refractivity contribution < 1.29 is 4.79 Å². The molecule has 0 saturated carbocycles. The topological polar surface area (TPSA) is 71.9 Å². The third-order valence-electron chi connectivity index (χ3n) is 4.75. The SMILES string of the molecule is Cc1ccccc1CN(Cc1cccnc1)C(=O)c1sc(-c2ncccn2)nc1C. The lowest BCUT2D eigenvalue weighted by molar-refractivity contribution is 0.0733. The summed E-state index contributed by atoms with van der Waals surface area (Å²) in [4.78, 5) is 33.3. The summed E-state index contributed by atoms with van der Waals surface area (Å²) in [6.07, 6.45) is 6.87. The van der Waals surface area contributed by atoms with Crippen LogP contribution in [0, 0.1) is 13.8 Å². The molecule has 4 rings (SSSR count). The van der Waals surface area contributed by atoms with Crippen molar-refractivity contribution in [2.24, 2.45) is 0 Å². The third-order valence-corrected chi connectivity index (χ3v) is 5.90. The fourth-order valence-corrected chi connectivity index (χ4v) is 4.13. The molecule has 0 aliphatic carbocycles. The highest BCUT2D eigenvalue weighted by molar-refractivity contribution is 7.17. The second-order valence-electron chi connectivity index (χ2n) is 6.95. The average molecular weight is 416 g/mol. The van der Waals surface area contributed by atoms with Crippen molar-refractivity contribution in [2.45, 2.75) is 26.9 Å². The van der Waals surface area contributed by atoms with E-state index in [-0.39, 0.29) is 5.91 Å². The molecule has 30 heavy (non-hydrogen) atoms. The fraction of sp³-hybridized carbons (Fsp3) is 0.174. The van der Waals surface area contributed by atoms with Crippen LogP contribution < -0.4 is 0 Å². The first-order chi connectivity index (χ1) is 14.6. The van der Waals surface area contributed by atoms with Crippen molar-refractivity contribution in [3.63, 3.8) is 0 Å². The van der Waals surface area contributed by atoms with E-state index in [0.29, 0.717) is 34.5 Å². The number of aryl methyl sites for hydroxylation is 2. The zero-order chi connectivity index (χ0) is 20.9. The van der Waals surface area contributed by atoms with Gasteiger partial charge in [-0.25, -0.2) is 15.0 Å². The number of thiazole rings is 1. The van der Waals surface area contributed by atoms with E-state index in [9.17, 15) is 4.79 Å². The Balaban J connectivity index is 1.67. The van der Waals surface area contributed by atoms with Crippen LogP contribution in [0.5, 0.6) is 0 Å². The minimum absolute atomic E-state index is 0.0562. The minimum atomic E-state index is -0.0562. The van der Waals surface area contributed by atoms with Gasteiger partial charge >= 0.3 is 0 Å². The lowest BCUT2D eigenvalue weighted by atomic mass is 10.1. The molecule has 1 aromatic carbocycles. The second kappa shape index (κ2) is 8.92. The van der Waals surface area contributed by atoms with Crippen molar-refractivity contribution in [3.8, 4) is 10.8 Å². The van der Waals surface area contributed by atoms with Gasteiger partial charge in [-0.15, -0.1) is 11.3 Å². The molecule has 3 aromatic heterocycles. The molecule has 0 N–H and O–H groups in total. The Morgan fingerprint density at radius 3 is 2.50 bits per heavy atom. The van der Waals surface area contributed by atoms with Crippen molar-refractivity contribution in [2.75, 3.05) is 0 Å². The molecule has 1 amide bonds. The van der Waals surface area contributed by atoms with Crippen LogP contribution in [-0.2, 0) is 13.1 Å². The molecule has 4 aromatic rings. The summed E-state index contributed by atoms with van der Waals surface area (Å²) in [6, 6.07) is 13.7. The molecule has 0 radical (unpaired) electrons. The molecule has 6 nitrogen and oxygen atoms in total. The van der Waals surface area contributed by atoms with Crippen molar-refractivity contribution in [1.29, 1.82) is 0 Å². The van der Waals surface area contributed by atoms with Crippen LogP contribution in [-0.4, -0.2) is 30.7 Å². The number of aromatic nitrogens is 4. The average Bonchev–Trinajstić information content (AvgIpc) is 3.17. The first kappa shape index (κ1) is 19.8. The van der Waals surface area contributed by atoms with Crippen LogP contribution in [0.1, 0.15) is 32.1 Å². The zero-order valence-corrected chi connectivity index (χ0v) is 17.6. The fourth-order valence-electron chi connectivity index (χ4n) is 3.15. The number of hydrogen-bond donors (Lipinski definition) is 0. The maximum atomic E-state index is 13.6. The predicted molar refractivity (Wildman–Crippen MR) is 117 cm³/mol. The van der Waals surface area contributed by atoms with Crippen LogP contribution in [0.4, 0.5) is 0 Å². The molecule has 0 unspecified atom stereocenters. The van der Waals surface area contributed by atoms with Gasteiger partial charge in [0.15, 0.2) is 10.8 Å². The first-order valence-corrected chi connectivity index (χ1v) is 10.4. The Hall–Kier alpha value is -3.45. The summed E-state index contributed by atoms with van der Waals surface area (Å²) < 4.78 is 0. The lowest BCUT2D eigenvalue weighted by Gasteiger charge is -2.23. The van der Waals surface area contributed by atoms with E-state index >= 15 is 0 Å². The van der Waals surface area contributed by atoms with E-state index in [1.165, 1.54) is 11.3 Å². The number of nitrogens with zero attached hydrogens (tertiary/aromatic N) is 5. The van der Waals surface area contributed by atoms with Crippen LogP contribution in [0.2, 0.25) is 0 Å². The van der Waals surface area contributed by atoms with Crippen molar-refractivity contribution >= 4 is 17.2 Å². The molecule has 0 bridgehead atoms. The van der Waals surface area contributed by atoms with E-state index in [1.54, 1.807) is 30.9 Å². The van der Waals surface area contributed by atoms with Gasteiger partial charge in [0, 0.05) is 37.9 Å². The Morgan fingerprint density at radius 1 is 0.967 bits per heavy atom. The molecule has 150 valence electrons. The van der Waals surface area contributed by atoms with E-state index in [1.807, 2.05) is 36.1 Å². The maximum Gasteiger partial charge on any atom is 0.266 e. The zero-order valence-electron chi connectivity index (χ0n) is 16.8. The lowest BCUT2D eigenvalue weighted by Crippen LogP contribution is -2.30. The smallest absolute Gasteiger partial charge is 0.266 e. The maximum absolute atomic E-state index is 13.6. The molecule has 0 aliphatic heterocycles. The quantitative estimate of drug-likeness (QED) is 0.465. The number of pyridine rings is 1. The van der Waals surface area contributed by atoms with Crippen molar-refractivity contribution in [3.05, 3.63) is 94.5 Å². The third kappa shape index (κ3) is 4.41. The normalized spacial score (nSPS) is 10.7. The van der Waals surface area contributed by atoms with Gasteiger partial charge in [0.1, 0.15) is 4.88 Å². The Bertz CT molecular complexity index is 1140. The number of carbonyl (C=O) groups excluding carboxylic acids is 1. The Morgan fingerprint density at radius 2 is 1.77 bits per heavy atom. The monoisotopic (exact) mass is 415 g/mol. The molecular weight excluding hydrogens is 394 g/mol. The number of amides is 1. The summed E-state index contributed by atoms with van der Waals surface area (Å²) in [5.41, 5.74) is 3.94. The van der Waals surface area contributed by atoms with Crippen LogP contribution in [0.15, 0.2) is 67.3 Å². The van der Waals surface area contributed by atoms with Gasteiger partial charge in [-0.1, -0.05) is 30.3 Å². The summed E-state index contributed by atoms with van der Waals surface area (Å²) in [6.45, 7) is 4.89. The highest BCUT2D eigenvalue weighted by Gasteiger charge is 2.23. The summed E-state index contributed by atoms with van der Waals surface area (Å²) in [7, 11) is 0. The number of hydrogen-bond acceptors (Lipinski definition) is 6. The summed E-state index contributed by atoms with van der Waals surface area (Å²) >= 11 is 1.33. The Kier molecular flexibility index (Phi) is 5.90. The molecule has 0 saturated heterocycles. The van der Waals surface area contributed by atoms with Gasteiger partial charge in [-0.05, 0) is 42.7 Å². The molecular formula is C23H21N5OS. The second-order valence-corrected chi connectivity index (χ2v) is 7.95. The minimum Gasteiger partial charge on any atom is -0.329 e. The molecule has 3 heterocycles. The van der Waals surface area contributed by atoms with Gasteiger partial charge in [0.05, 0.1) is 5.69 Å². The van der Waals surface area contributed by atoms with E-state index in [0.717, 1.165) is 16.7 Å².